The van der Waals surface area contributed by atoms with E-state index in [-0.39, 0.29) is 0 Å². The van der Waals surface area contributed by atoms with Crippen molar-refractivity contribution in [2.24, 2.45) is 0 Å². The molecule has 22 heavy (non-hydrogen) atoms. The standard InChI is InChI=1S/C14H20O8/c15-7-11-3-1-4-12(11)8(16)22-14(10(18)20-12)6-2-5-13(14,21-7)9(17)19-11/h7-10,15-18H,1-6H2. The molecule has 2 saturated carbocycles. The molecule has 4 aliphatic rings. The van der Waals surface area contributed by atoms with Gasteiger partial charge < -0.3 is 39.4 Å². The van der Waals surface area contributed by atoms with Crippen LogP contribution in [-0.2, 0) is 18.9 Å². The van der Waals surface area contributed by atoms with Crippen LogP contribution in [0.25, 0.3) is 0 Å². The number of fused-ring (bicyclic) bond motifs is 2. The Balaban J connectivity index is 1.79. The lowest BCUT2D eigenvalue weighted by Crippen LogP contribution is -2.86. The fraction of sp³-hybridized carbons (Fsp3) is 1.00. The SMILES string of the molecule is OC1OC23CCCC24OC(O)C2(CCCC12OC3O)OC4O. The van der Waals surface area contributed by atoms with Crippen LogP contribution < -0.4 is 0 Å². The summed E-state index contributed by atoms with van der Waals surface area (Å²) < 4.78 is 23.4. The Labute approximate surface area is 126 Å². The molecule has 8 atom stereocenters. The third kappa shape index (κ3) is 1.14. The maximum atomic E-state index is 10.7. The van der Waals surface area contributed by atoms with Crippen molar-refractivity contribution in [1.82, 2.24) is 0 Å². The van der Waals surface area contributed by atoms with Gasteiger partial charge in [0.25, 0.3) is 0 Å². The van der Waals surface area contributed by atoms with Crippen molar-refractivity contribution in [2.75, 3.05) is 0 Å². The summed E-state index contributed by atoms with van der Waals surface area (Å²) in [6.45, 7) is 0. The molecule has 2 heterocycles. The van der Waals surface area contributed by atoms with Crippen LogP contribution >= 0.6 is 0 Å². The first-order valence-corrected chi connectivity index (χ1v) is 7.86. The predicted octanol–water partition coefficient (Wildman–Crippen LogP) is -1.31. The summed E-state index contributed by atoms with van der Waals surface area (Å²) in [6, 6.07) is 0. The minimum atomic E-state index is -1.45. The predicted molar refractivity (Wildman–Crippen MR) is 67.0 cm³/mol. The van der Waals surface area contributed by atoms with Crippen LogP contribution in [0.4, 0.5) is 0 Å². The van der Waals surface area contributed by atoms with Gasteiger partial charge in [-0.3, -0.25) is 0 Å². The molecular formula is C14H20O8. The molecule has 8 nitrogen and oxygen atoms in total. The zero-order valence-corrected chi connectivity index (χ0v) is 12.0. The van der Waals surface area contributed by atoms with Gasteiger partial charge in [-0.05, 0) is 38.5 Å². The van der Waals surface area contributed by atoms with E-state index < -0.39 is 47.6 Å². The third-order valence-corrected chi connectivity index (χ3v) is 6.51. The zero-order chi connectivity index (χ0) is 15.4. The van der Waals surface area contributed by atoms with Crippen LogP contribution in [0.2, 0.25) is 0 Å². The van der Waals surface area contributed by atoms with Crippen molar-refractivity contribution in [2.45, 2.75) is 86.1 Å². The monoisotopic (exact) mass is 316 g/mol. The molecule has 8 heteroatoms. The minimum absolute atomic E-state index is 0.335. The average Bonchev–Trinajstić information content (AvgIpc) is 2.97. The van der Waals surface area contributed by atoms with Crippen LogP contribution in [0.5, 0.6) is 0 Å². The molecule has 0 aromatic carbocycles. The van der Waals surface area contributed by atoms with Gasteiger partial charge in [0.05, 0.1) is 0 Å². The van der Waals surface area contributed by atoms with Crippen molar-refractivity contribution in [1.29, 1.82) is 0 Å². The summed E-state index contributed by atoms with van der Waals surface area (Å²) in [7, 11) is 0. The molecule has 2 aliphatic heterocycles. The summed E-state index contributed by atoms with van der Waals surface area (Å²) in [4.78, 5) is 0. The summed E-state index contributed by atoms with van der Waals surface area (Å²) in [5.41, 5.74) is -5.80. The highest BCUT2D eigenvalue weighted by atomic mass is 16.8. The lowest BCUT2D eigenvalue weighted by atomic mass is 9.73. The number of aliphatic hydroxyl groups excluding tert-OH is 4. The molecule has 4 fully saturated rings. The Hall–Kier alpha value is -0.320. The van der Waals surface area contributed by atoms with E-state index in [2.05, 4.69) is 0 Å². The van der Waals surface area contributed by atoms with Gasteiger partial charge in [-0.2, -0.15) is 0 Å². The van der Waals surface area contributed by atoms with Crippen molar-refractivity contribution < 1.29 is 39.4 Å². The van der Waals surface area contributed by atoms with Gasteiger partial charge in [0, 0.05) is 0 Å². The van der Waals surface area contributed by atoms with E-state index in [1.807, 2.05) is 0 Å². The third-order valence-electron chi connectivity index (χ3n) is 6.51. The number of hydrogen-bond acceptors (Lipinski definition) is 8. The summed E-state index contributed by atoms with van der Waals surface area (Å²) in [5.74, 6) is 0. The lowest BCUT2D eigenvalue weighted by Gasteiger charge is -2.67. The highest BCUT2D eigenvalue weighted by Gasteiger charge is 2.83. The average molecular weight is 316 g/mol. The second kappa shape index (κ2) is 3.84. The van der Waals surface area contributed by atoms with Gasteiger partial charge in [-0.15, -0.1) is 0 Å². The van der Waals surface area contributed by atoms with Gasteiger partial charge in [0.15, 0.2) is 47.6 Å². The van der Waals surface area contributed by atoms with Gasteiger partial charge >= 0.3 is 0 Å². The minimum Gasteiger partial charge on any atom is -0.365 e. The van der Waals surface area contributed by atoms with E-state index in [0.717, 1.165) is 0 Å². The molecular weight excluding hydrogens is 296 g/mol. The lowest BCUT2D eigenvalue weighted by molar-refractivity contribution is -0.547. The van der Waals surface area contributed by atoms with Crippen molar-refractivity contribution in [3.63, 3.8) is 0 Å². The zero-order valence-electron chi connectivity index (χ0n) is 12.0. The number of hydrogen-bond donors (Lipinski definition) is 4. The molecule has 4 spiro atoms. The topological polar surface area (TPSA) is 118 Å². The van der Waals surface area contributed by atoms with Gasteiger partial charge in [-0.25, -0.2) is 0 Å². The maximum absolute atomic E-state index is 10.7. The van der Waals surface area contributed by atoms with Crippen molar-refractivity contribution in [3.8, 4) is 0 Å². The Morgan fingerprint density at radius 2 is 0.727 bits per heavy atom. The number of aliphatic hydroxyl groups is 4. The number of ether oxygens (including phenoxy) is 4. The van der Waals surface area contributed by atoms with Gasteiger partial charge in [-0.1, -0.05) is 0 Å². The van der Waals surface area contributed by atoms with Gasteiger partial charge in [0.2, 0.25) is 0 Å². The normalized spacial score (nSPS) is 66.0. The first kappa shape index (κ1) is 14.1. The van der Waals surface area contributed by atoms with Gasteiger partial charge in [0.1, 0.15) is 0 Å². The van der Waals surface area contributed by atoms with Crippen LogP contribution in [0.3, 0.4) is 0 Å². The Kier molecular flexibility index (Phi) is 2.45. The Morgan fingerprint density at radius 1 is 0.500 bits per heavy atom. The molecule has 8 unspecified atom stereocenters. The molecule has 4 N–H and O–H groups in total. The first-order chi connectivity index (χ1) is 10.4. The Morgan fingerprint density at radius 3 is 0.955 bits per heavy atom. The van der Waals surface area contributed by atoms with E-state index in [0.29, 0.717) is 38.5 Å². The van der Waals surface area contributed by atoms with Crippen molar-refractivity contribution in [3.05, 3.63) is 0 Å². The molecule has 2 saturated heterocycles. The van der Waals surface area contributed by atoms with E-state index in [1.165, 1.54) is 0 Å². The first-order valence-electron chi connectivity index (χ1n) is 7.86. The van der Waals surface area contributed by atoms with Crippen LogP contribution in [0.15, 0.2) is 0 Å². The van der Waals surface area contributed by atoms with Crippen LogP contribution in [-0.4, -0.2) is 68.0 Å². The summed E-state index contributed by atoms with van der Waals surface area (Å²) in [5, 5.41) is 42.6. The fourth-order valence-corrected chi connectivity index (χ4v) is 5.45. The molecule has 2 aliphatic carbocycles. The molecule has 0 bridgehead atoms. The van der Waals surface area contributed by atoms with E-state index in [9.17, 15) is 20.4 Å². The summed E-state index contributed by atoms with van der Waals surface area (Å²) in [6.07, 6.45) is -2.93. The summed E-state index contributed by atoms with van der Waals surface area (Å²) >= 11 is 0. The van der Waals surface area contributed by atoms with Crippen LogP contribution in [0.1, 0.15) is 38.5 Å². The fourth-order valence-electron chi connectivity index (χ4n) is 5.45. The molecule has 0 aromatic heterocycles. The van der Waals surface area contributed by atoms with E-state index in [4.69, 9.17) is 18.9 Å². The maximum Gasteiger partial charge on any atom is 0.188 e. The highest BCUT2D eigenvalue weighted by molar-refractivity contribution is 5.24. The molecule has 124 valence electrons. The second-order valence-electron chi connectivity index (χ2n) is 7.15. The quantitative estimate of drug-likeness (QED) is 0.435. The molecule has 0 radical (unpaired) electrons. The van der Waals surface area contributed by atoms with E-state index in [1.54, 1.807) is 0 Å². The largest absolute Gasteiger partial charge is 0.365 e. The number of rotatable bonds is 0. The highest BCUT2D eigenvalue weighted by Crippen LogP contribution is 2.65. The second-order valence-corrected chi connectivity index (χ2v) is 7.15. The smallest absolute Gasteiger partial charge is 0.188 e. The van der Waals surface area contributed by atoms with Crippen molar-refractivity contribution >= 4 is 0 Å². The Bertz CT molecular complexity index is 439. The van der Waals surface area contributed by atoms with Crippen LogP contribution in [0, 0.1) is 0 Å². The molecule has 0 aromatic rings. The van der Waals surface area contributed by atoms with E-state index >= 15 is 0 Å². The molecule has 0 amide bonds. The molecule has 4 rings (SSSR count).